The molecule has 0 saturated carbocycles. The summed E-state index contributed by atoms with van der Waals surface area (Å²) in [6.07, 6.45) is 7.76. The number of fused-ring (bicyclic) bond motifs is 3. The summed E-state index contributed by atoms with van der Waals surface area (Å²) in [7, 11) is -0.539. The smallest absolute Gasteiger partial charge is 0.399 e. The Kier molecular flexibility index (Phi) is 11.4. The van der Waals surface area contributed by atoms with Gasteiger partial charge in [-0.1, -0.05) is 109 Å². The number of halogens is 2. The minimum absolute atomic E-state index is 0.0270. The first-order chi connectivity index (χ1) is 33.9. The lowest BCUT2D eigenvalue weighted by Crippen LogP contribution is -2.41. The van der Waals surface area contributed by atoms with Gasteiger partial charge < -0.3 is 28.6 Å². The maximum absolute atomic E-state index is 17.0. The van der Waals surface area contributed by atoms with Crippen LogP contribution in [-0.4, -0.2) is 29.5 Å². The van der Waals surface area contributed by atoms with Crippen molar-refractivity contribution in [2.24, 2.45) is 0 Å². The molecular weight excluding hydrogens is 885 g/mol. The number of ether oxygens (including phenoxy) is 2. The van der Waals surface area contributed by atoms with Gasteiger partial charge in [0.15, 0.2) is 6.29 Å². The average Bonchev–Trinajstić information content (AvgIpc) is 3.84. The molecule has 7 aromatic rings. The Morgan fingerprint density at radius 3 is 1.51 bits per heavy atom. The van der Waals surface area contributed by atoms with Gasteiger partial charge in [0.25, 0.3) is 5.92 Å². The van der Waals surface area contributed by atoms with Crippen molar-refractivity contribution in [3.05, 3.63) is 204 Å². The van der Waals surface area contributed by atoms with Crippen LogP contribution < -0.4 is 15.3 Å². The second-order valence-corrected chi connectivity index (χ2v) is 21.1. The summed E-state index contributed by atoms with van der Waals surface area (Å²) >= 11 is 0. The quantitative estimate of drug-likeness (QED) is 0.127. The zero-order valence-electron chi connectivity index (χ0n) is 41.7. The number of rotatable bonds is 10. The summed E-state index contributed by atoms with van der Waals surface area (Å²) < 4.78 is 59.7. The summed E-state index contributed by atoms with van der Waals surface area (Å²) in [5, 5.41) is 0. The van der Waals surface area contributed by atoms with Crippen LogP contribution in [0, 0.1) is 0 Å². The molecule has 0 amide bonds. The van der Waals surface area contributed by atoms with E-state index in [-0.39, 0.29) is 11.1 Å². The van der Waals surface area contributed by atoms with Crippen LogP contribution in [-0.2, 0) is 24.7 Å². The van der Waals surface area contributed by atoms with Crippen LogP contribution in [0.3, 0.4) is 0 Å². The average molecular weight is 945 g/mol. The highest BCUT2D eigenvalue weighted by atomic mass is 19.3. The topological polar surface area (TPSA) is 43.4 Å². The molecule has 7 aromatic carbocycles. The van der Waals surface area contributed by atoms with E-state index in [0.717, 1.165) is 74.7 Å². The molecule has 11 rings (SSSR count). The highest BCUT2D eigenvalue weighted by Crippen LogP contribution is 2.55. The van der Waals surface area contributed by atoms with E-state index in [2.05, 4.69) is 122 Å². The molecule has 358 valence electrons. The fraction of sp³-hybridized carbons (Fsp3) is 0.258. The number of para-hydroxylation sites is 2. The van der Waals surface area contributed by atoms with Crippen LogP contribution in [0.4, 0.5) is 42.9 Å². The van der Waals surface area contributed by atoms with Crippen molar-refractivity contribution in [2.75, 3.05) is 9.80 Å². The molecule has 2 aliphatic carbocycles. The Morgan fingerprint density at radius 1 is 0.493 bits per heavy atom. The Balaban J connectivity index is 1.04. The largest absolute Gasteiger partial charge is 0.494 e. The fourth-order valence-corrected chi connectivity index (χ4v) is 10.2. The molecule has 0 radical (unpaired) electrons. The van der Waals surface area contributed by atoms with Crippen molar-refractivity contribution in [2.45, 2.75) is 103 Å². The second-order valence-electron chi connectivity index (χ2n) is 21.1. The molecule has 9 heteroatoms. The van der Waals surface area contributed by atoms with Crippen LogP contribution in [0.15, 0.2) is 182 Å². The van der Waals surface area contributed by atoms with E-state index in [4.69, 9.17) is 18.8 Å². The first-order valence-electron chi connectivity index (χ1n) is 24.7. The van der Waals surface area contributed by atoms with Crippen LogP contribution in [0.25, 0.3) is 27.8 Å². The number of benzene rings is 7. The van der Waals surface area contributed by atoms with Crippen LogP contribution in [0.5, 0.6) is 0 Å². The molecule has 2 heterocycles. The lowest BCUT2D eigenvalue weighted by Gasteiger charge is -2.32. The van der Waals surface area contributed by atoms with Gasteiger partial charge in [0, 0.05) is 50.6 Å². The van der Waals surface area contributed by atoms with Crippen molar-refractivity contribution in [1.82, 2.24) is 0 Å². The van der Waals surface area contributed by atoms with Gasteiger partial charge in [-0.3, -0.25) is 0 Å². The Bertz CT molecular complexity index is 3180. The van der Waals surface area contributed by atoms with E-state index in [1.165, 1.54) is 5.57 Å². The Hall–Kier alpha value is -6.62. The molecule has 0 unspecified atom stereocenters. The molecule has 2 saturated heterocycles. The lowest BCUT2D eigenvalue weighted by molar-refractivity contribution is -0.0895. The summed E-state index contributed by atoms with van der Waals surface area (Å²) in [5.41, 5.74) is 10.1. The van der Waals surface area contributed by atoms with Crippen LogP contribution >= 0.6 is 0 Å². The van der Waals surface area contributed by atoms with E-state index in [9.17, 15) is 0 Å². The van der Waals surface area contributed by atoms with E-state index >= 15 is 8.78 Å². The maximum Gasteiger partial charge on any atom is 0.494 e. The standard InChI is InChI=1S/C62H59BF2N2O4/c1-58(2)59(3,4)69-57(68-58)43-27-31-45(32-28-43)66(55-25-17-15-23-49(55)41-19-11-9-12-20-41)47-35-37-53-51(39-47)52-40-48(36-38-54(52)62(53,64)65)67(56-26-18-16-24-50(56)42-21-13-10-14-22-42)46-33-29-44(30-34-46)63-70-60(5,6)61(7,8)71-63/h9-11,13-19,21-40,57H,12,20H2,1-8H3. The molecular formula is C62H59BF2N2O4. The first-order valence-corrected chi connectivity index (χ1v) is 24.7. The fourth-order valence-electron chi connectivity index (χ4n) is 10.2. The summed E-state index contributed by atoms with van der Waals surface area (Å²) in [5.74, 6) is -3.23. The van der Waals surface area contributed by atoms with E-state index in [1.54, 1.807) is 12.1 Å². The molecule has 0 spiro atoms. The first kappa shape index (κ1) is 46.8. The normalized spacial score (nSPS) is 19.0. The zero-order valence-corrected chi connectivity index (χ0v) is 41.7. The third-order valence-electron chi connectivity index (χ3n) is 15.6. The predicted molar refractivity (Wildman–Crippen MR) is 285 cm³/mol. The van der Waals surface area contributed by atoms with Gasteiger partial charge in [-0.15, -0.1) is 0 Å². The summed E-state index contributed by atoms with van der Waals surface area (Å²) in [6.45, 7) is 16.4. The van der Waals surface area contributed by atoms with Crippen molar-refractivity contribution < 1.29 is 27.6 Å². The Labute approximate surface area is 417 Å². The third kappa shape index (κ3) is 8.13. The number of allylic oxidation sites excluding steroid dienone is 4. The molecule has 0 aromatic heterocycles. The number of hydrogen-bond acceptors (Lipinski definition) is 6. The SMILES string of the molecule is CC1(C)OB(c2ccc(N(c3ccc4c(c3)-c3cc(N(c5ccc(C6OC(C)(C)C(C)(C)O6)cc5)c5ccccc5C5=CC=CCC5)ccc3C4(F)F)c3ccccc3-c3ccccc3)cc2)OC1(C)C. The van der Waals surface area contributed by atoms with Gasteiger partial charge in [-0.05, 0) is 169 Å². The molecule has 0 N–H and O–H groups in total. The Morgan fingerprint density at radius 2 is 0.972 bits per heavy atom. The van der Waals surface area contributed by atoms with Crippen molar-refractivity contribution in [3.63, 3.8) is 0 Å². The van der Waals surface area contributed by atoms with Gasteiger partial charge in [-0.2, -0.15) is 8.78 Å². The lowest BCUT2D eigenvalue weighted by atomic mass is 9.79. The number of nitrogens with zero attached hydrogens (tertiary/aromatic N) is 2. The highest BCUT2D eigenvalue weighted by Gasteiger charge is 2.52. The highest BCUT2D eigenvalue weighted by molar-refractivity contribution is 6.62. The van der Waals surface area contributed by atoms with Gasteiger partial charge in [0.1, 0.15) is 0 Å². The number of hydrogen-bond donors (Lipinski definition) is 0. The monoisotopic (exact) mass is 944 g/mol. The van der Waals surface area contributed by atoms with Gasteiger partial charge in [0.05, 0.1) is 33.8 Å². The number of alkyl halides is 2. The second kappa shape index (κ2) is 17.3. The minimum Gasteiger partial charge on any atom is -0.399 e. The van der Waals surface area contributed by atoms with Crippen LogP contribution in [0.1, 0.15) is 96.8 Å². The van der Waals surface area contributed by atoms with E-state index in [1.807, 2.05) is 113 Å². The van der Waals surface area contributed by atoms with Crippen LogP contribution in [0.2, 0.25) is 0 Å². The number of anilines is 6. The van der Waals surface area contributed by atoms with E-state index < -0.39 is 41.7 Å². The van der Waals surface area contributed by atoms with Crippen molar-refractivity contribution in [3.8, 4) is 22.3 Å². The predicted octanol–water partition coefficient (Wildman–Crippen LogP) is 16.0. The molecule has 2 aliphatic heterocycles. The van der Waals surface area contributed by atoms with Gasteiger partial charge >= 0.3 is 7.12 Å². The zero-order chi connectivity index (χ0) is 49.5. The molecule has 6 nitrogen and oxygen atoms in total. The van der Waals surface area contributed by atoms with Gasteiger partial charge in [-0.25, -0.2) is 0 Å². The summed E-state index contributed by atoms with van der Waals surface area (Å²) in [6, 6.07) is 54.0. The molecule has 0 atom stereocenters. The van der Waals surface area contributed by atoms with Crippen molar-refractivity contribution in [1.29, 1.82) is 0 Å². The molecule has 0 bridgehead atoms. The molecule has 4 aliphatic rings. The molecule has 71 heavy (non-hydrogen) atoms. The third-order valence-corrected chi connectivity index (χ3v) is 15.6. The summed E-state index contributed by atoms with van der Waals surface area (Å²) in [4.78, 5) is 4.35. The minimum atomic E-state index is -3.23. The van der Waals surface area contributed by atoms with Crippen molar-refractivity contribution >= 4 is 52.3 Å². The molecule has 2 fully saturated rings. The maximum atomic E-state index is 17.0. The van der Waals surface area contributed by atoms with E-state index in [0.29, 0.717) is 11.1 Å². The van der Waals surface area contributed by atoms with Gasteiger partial charge in [0.2, 0.25) is 0 Å².